The molecule has 0 bridgehead atoms. The normalized spacial score (nSPS) is 12.7. The first-order chi connectivity index (χ1) is 10.8. The molecule has 2 aromatic rings. The Morgan fingerprint density at radius 2 is 2.00 bits per heavy atom. The summed E-state index contributed by atoms with van der Waals surface area (Å²) < 4.78 is 33.3. The molecular formula is C15H18N2O5S. The van der Waals surface area contributed by atoms with Gasteiger partial charge >= 0.3 is 0 Å². The van der Waals surface area contributed by atoms with Gasteiger partial charge in [0.05, 0.1) is 4.90 Å². The molecule has 23 heavy (non-hydrogen) atoms. The number of nitrogens with one attached hydrogen (secondary N) is 1. The number of aryl methyl sites for hydroxylation is 1. The highest BCUT2D eigenvalue weighted by molar-refractivity contribution is 7.90. The molecule has 1 atom stereocenters. The number of ether oxygens (including phenoxy) is 1. The molecule has 0 aliphatic rings. The van der Waals surface area contributed by atoms with Gasteiger partial charge in [-0.25, -0.2) is 8.42 Å². The molecule has 8 heteroatoms. The van der Waals surface area contributed by atoms with Gasteiger partial charge in [-0.05, 0) is 37.6 Å². The maximum Gasteiger partial charge on any atom is 0.266 e. The fraction of sp³-hybridized carbons (Fsp3) is 0.333. The van der Waals surface area contributed by atoms with Gasteiger partial charge in [-0.3, -0.25) is 4.79 Å². The van der Waals surface area contributed by atoms with Crippen molar-refractivity contribution in [2.24, 2.45) is 0 Å². The number of rotatable bonds is 6. The lowest BCUT2D eigenvalue weighted by Gasteiger charge is -2.16. The van der Waals surface area contributed by atoms with Crippen LogP contribution in [0.25, 0.3) is 0 Å². The molecule has 0 fully saturated rings. The number of nitrogens with zero attached hydrogens (tertiary/aromatic N) is 1. The molecule has 0 saturated heterocycles. The second-order valence-corrected chi connectivity index (χ2v) is 7.09. The largest absolute Gasteiger partial charge is 0.481 e. The Balaban J connectivity index is 2.05. The fourth-order valence-electron chi connectivity index (χ4n) is 1.88. The van der Waals surface area contributed by atoms with Crippen molar-refractivity contribution < 1.29 is 22.5 Å². The van der Waals surface area contributed by atoms with Crippen LogP contribution in [0.2, 0.25) is 0 Å². The molecule has 1 amide bonds. The van der Waals surface area contributed by atoms with Gasteiger partial charge in [-0.15, -0.1) is 0 Å². The summed E-state index contributed by atoms with van der Waals surface area (Å²) in [7, 11) is -3.26. The minimum Gasteiger partial charge on any atom is -0.481 e. The molecule has 1 aromatic heterocycles. The quantitative estimate of drug-likeness (QED) is 0.867. The zero-order chi connectivity index (χ0) is 17.0. The van der Waals surface area contributed by atoms with E-state index in [9.17, 15) is 13.2 Å². The minimum absolute atomic E-state index is 0.195. The van der Waals surface area contributed by atoms with Crippen LogP contribution in [-0.2, 0) is 14.6 Å². The van der Waals surface area contributed by atoms with Crippen LogP contribution in [0.15, 0.2) is 39.8 Å². The third-order valence-corrected chi connectivity index (χ3v) is 4.20. The maximum atomic E-state index is 12.2. The van der Waals surface area contributed by atoms with Crippen LogP contribution < -0.4 is 10.1 Å². The van der Waals surface area contributed by atoms with Crippen molar-refractivity contribution in [1.82, 2.24) is 5.16 Å². The Labute approximate surface area is 134 Å². The molecule has 0 radical (unpaired) electrons. The first kappa shape index (κ1) is 17.0. The van der Waals surface area contributed by atoms with Gasteiger partial charge in [0.15, 0.2) is 21.8 Å². The molecule has 0 spiro atoms. The van der Waals surface area contributed by atoms with Crippen molar-refractivity contribution in [3.63, 3.8) is 0 Å². The van der Waals surface area contributed by atoms with Crippen LogP contribution >= 0.6 is 0 Å². The van der Waals surface area contributed by atoms with Gasteiger partial charge in [-0.2, -0.15) is 0 Å². The lowest BCUT2D eigenvalue weighted by Crippen LogP contribution is -2.32. The van der Waals surface area contributed by atoms with Gasteiger partial charge in [0.25, 0.3) is 5.91 Å². The van der Waals surface area contributed by atoms with E-state index in [1.807, 2.05) is 6.92 Å². The highest BCUT2D eigenvalue weighted by Gasteiger charge is 2.20. The number of amides is 1. The maximum absolute atomic E-state index is 12.2. The molecule has 0 aliphatic heterocycles. The average Bonchev–Trinajstić information content (AvgIpc) is 2.89. The highest BCUT2D eigenvalue weighted by atomic mass is 32.2. The molecule has 0 saturated carbocycles. The molecule has 1 aromatic carbocycles. The summed E-state index contributed by atoms with van der Waals surface area (Å²) in [5, 5.41) is 6.29. The highest BCUT2D eigenvalue weighted by Crippen LogP contribution is 2.18. The van der Waals surface area contributed by atoms with E-state index in [0.29, 0.717) is 23.7 Å². The number of carbonyl (C=O) groups is 1. The van der Waals surface area contributed by atoms with E-state index in [1.54, 1.807) is 13.0 Å². The van der Waals surface area contributed by atoms with Gasteiger partial charge in [-0.1, -0.05) is 12.1 Å². The number of carbonyl (C=O) groups excluding carboxylic acids is 1. The van der Waals surface area contributed by atoms with Crippen molar-refractivity contribution in [1.29, 1.82) is 0 Å². The number of anilines is 1. The van der Waals surface area contributed by atoms with E-state index in [1.165, 1.54) is 24.3 Å². The van der Waals surface area contributed by atoms with E-state index in [2.05, 4.69) is 10.5 Å². The monoisotopic (exact) mass is 338 g/mol. The fourth-order valence-corrected chi connectivity index (χ4v) is 2.51. The summed E-state index contributed by atoms with van der Waals surface area (Å²) >= 11 is 0. The van der Waals surface area contributed by atoms with Gasteiger partial charge < -0.3 is 14.6 Å². The summed E-state index contributed by atoms with van der Waals surface area (Å²) in [6.07, 6.45) is 0.845. The van der Waals surface area contributed by atoms with Crippen molar-refractivity contribution >= 4 is 21.6 Å². The van der Waals surface area contributed by atoms with E-state index < -0.39 is 15.9 Å². The third-order valence-electron chi connectivity index (χ3n) is 3.07. The summed E-state index contributed by atoms with van der Waals surface area (Å²) in [6.45, 7) is 3.53. The summed E-state index contributed by atoms with van der Waals surface area (Å²) in [5.74, 6) is 0.969. The molecular weight excluding hydrogens is 320 g/mol. The lowest BCUT2D eigenvalue weighted by molar-refractivity contribution is -0.122. The Bertz CT molecular complexity index is 780. The van der Waals surface area contributed by atoms with Crippen LogP contribution in [0.4, 0.5) is 5.82 Å². The molecule has 7 nitrogen and oxygen atoms in total. The minimum atomic E-state index is -3.26. The number of aromatic nitrogens is 1. The standard InChI is InChI=1S/C15H18N2O5S/c1-4-13(15(18)16-14-9-10(2)22-17-14)21-11-5-7-12(8-6-11)23(3,19)20/h5-9,13H,4H2,1-3H3,(H,16,17,18)/t13-/m0/s1. The van der Waals surface area contributed by atoms with Crippen molar-refractivity contribution in [2.45, 2.75) is 31.3 Å². The SMILES string of the molecule is CC[C@H](Oc1ccc(S(C)(=O)=O)cc1)C(=O)Nc1cc(C)on1. The first-order valence-corrected chi connectivity index (χ1v) is 8.89. The predicted molar refractivity (Wildman–Crippen MR) is 84.1 cm³/mol. The van der Waals surface area contributed by atoms with Crippen molar-refractivity contribution in [2.75, 3.05) is 11.6 Å². The van der Waals surface area contributed by atoms with E-state index in [-0.39, 0.29) is 10.8 Å². The molecule has 1 heterocycles. The molecule has 124 valence electrons. The van der Waals surface area contributed by atoms with Crippen LogP contribution in [0.3, 0.4) is 0 Å². The average molecular weight is 338 g/mol. The summed E-state index contributed by atoms with van der Waals surface area (Å²) in [6, 6.07) is 7.53. The first-order valence-electron chi connectivity index (χ1n) is 7.00. The summed E-state index contributed by atoms with van der Waals surface area (Å²) in [4.78, 5) is 12.4. The molecule has 1 N–H and O–H groups in total. The second-order valence-electron chi connectivity index (χ2n) is 5.07. The lowest BCUT2D eigenvalue weighted by atomic mass is 10.2. The smallest absolute Gasteiger partial charge is 0.266 e. The Kier molecular flexibility index (Phi) is 5.05. The van der Waals surface area contributed by atoms with Gasteiger partial charge in [0.2, 0.25) is 0 Å². The number of hydrogen-bond donors (Lipinski definition) is 1. The molecule has 0 aliphatic carbocycles. The molecule has 0 unspecified atom stereocenters. The van der Waals surface area contributed by atoms with Crippen molar-refractivity contribution in [3.05, 3.63) is 36.1 Å². The number of sulfone groups is 1. The van der Waals surface area contributed by atoms with E-state index >= 15 is 0 Å². The van der Waals surface area contributed by atoms with Crippen LogP contribution in [0.5, 0.6) is 5.75 Å². The zero-order valence-electron chi connectivity index (χ0n) is 13.1. The second kappa shape index (κ2) is 6.82. The number of hydrogen-bond acceptors (Lipinski definition) is 6. The zero-order valence-corrected chi connectivity index (χ0v) is 13.9. The third kappa shape index (κ3) is 4.56. The Morgan fingerprint density at radius 3 is 2.48 bits per heavy atom. The Hall–Kier alpha value is -2.35. The van der Waals surface area contributed by atoms with E-state index in [0.717, 1.165) is 6.26 Å². The van der Waals surface area contributed by atoms with Crippen LogP contribution in [0.1, 0.15) is 19.1 Å². The van der Waals surface area contributed by atoms with Crippen molar-refractivity contribution in [3.8, 4) is 5.75 Å². The summed E-state index contributed by atoms with van der Waals surface area (Å²) in [5.41, 5.74) is 0. The predicted octanol–water partition coefficient (Wildman–Crippen LogP) is 2.18. The van der Waals surface area contributed by atoms with Gasteiger partial charge in [0.1, 0.15) is 11.5 Å². The van der Waals surface area contributed by atoms with E-state index in [4.69, 9.17) is 9.26 Å². The molecule has 2 rings (SSSR count). The Morgan fingerprint density at radius 1 is 1.35 bits per heavy atom. The van der Waals surface area contributed by atoms with Crippen LogP contribution in [-0.4, -0.2) is 31.8 Å². The number of benzene rings is 1. The topological polar surface area (TPSA) is 98.5 Å². The van der Waals surface area contributed by atoms with Crippen LogP contribution in [0, 0.1) is 6.92 Å². The van der Waals surface area contributed by atoms with Gasteiger partial charge in [0, 0.05) is 12.3 Å².